The normalized spacial score (nSPS) is 15.9. The van der Waals surface area contributed by atoms with E-state index >= 15 is 0 Å². The number of methoxy groups -OCH3 is 1. The summed E-state index contributed by atoms with van der Waals surface area (Å²) in [7, 11) is 1.68. The Morgan fingerprint density at radius 3 is 2.39 bits per heavy atom. The number of aromatic amines is 1. The van der Waals surface area contributed by atoms with Crippen molar-refractivity contribution in [2.75, 3.05) is 38.2 Å². The Hall–Kier alpha value is -3.72. The molecule has 1 atom stereocenters. The smallest absolute Gasteiger partial charge is 0.253 e. The molecular formula is C27H33N7O2. The van der Waals surface area contributed by atoms with Gasteiger partial charge in [0.25, 0.3) is 5.56 Å². The summed E-state index contributed by atoms with van der Waals surface area (Å²) in [5.74, 6) is 1.52. The van der Waals surface area contributed by atoms with E-state index in [1.54, 1.807) is 7.11 Å². The molecule has 188 valence electrons. The minimum atomic E-state index is -0.369. The molecule has 3 heterocycles. The molecule has 1 fully saturated rings. The standard InChI is InChI=1S/C27H33N7O2/c1-18-6-7-19-17-22(26(35)28-23(19)16-18)24(25-29-30-31-34(25)27(2,3)4)33-14-12-32(13-15-33)20-8-10-21(36-5)11-9-20/h6-11,16-17,24H,12-15H2,1-5H3,(H,28,35)/t24-/m0/s1. The summed E-state index contributed by atoms with van der Waals surface area (Å²) in [5.41, 5.74) is 3.31. The van der Waals surface area contributed by atoms with Gasteiger partial charge in [-0.2, -0.15) is 0 Å². The number of anilines is 1. The third-order valence-electron chi connectivity index (χ3n) is 6.82. The van der Waals surface area contributed by atoms with E-state index in [0.29, 0.717) is 11.4 Å². The maximum Gasteiger partial charge on any atom is 0.253 e. The number of nitrogens with one attached hydrogen (secondary N) is 1. The van der Waals surface area contributed by atoms with Crippen LogP contribution in [0.2, 0.25) is 0 Å². The minimum absolute atomic E-state index is 0.112. The van der Waals surface area contributed by atoms with E-state index in [2.05, 4.69) is 75.3 Å². The Morgan fingerprint density at radius 2 is 1.72 bits per heavy atom. The van der Waals surface area contributed by atoms with Crippen molar-refractivity contribution in [2.24, 2.45) is 0 Å². The lowest BCUT2D eigenvalue weighted by atomic mass is 10.0. The Bertz CT molecular complexity index is 1410. The van der Waals surface area contributed by atoms with Crippen LogP contribution in [0, 0.1) is 6.92 Å². The Kier molecular flexibility index (Phi) is 6.26. The second-order valence-electron chi connectivity index (χ2n) is 10.4. The van der Waals surface area contributed by atoms with E-state index in [-0.39, 0.29) is 17.1 Å². The van der Waals surface area contributed by atoms with Gasteiger partial charge in [0.1, 0.15) is 11.8 Å². The molecule has 0 radical (unpaired) electrons. The van der Waals surface area contributed by atoms with Gasteiger partial charge < -0.3 is 14.6 Å². The molecule has 1 aliphatic heterocycles. The summed E-state index contributed by atoms with van der Waals surface area (Å²) in [6.07, 6.45) is 0. The molecule has 0 amide bonds. The first kappa shape index (κ1) is 24.0. The monoisotopic (exact) mass is 487 g/mol. The number of H-pyrrole nitrogens is 1. The van der Waals surface area contributed by atoms with E-state index in [4.69, 9.17) is 4.74 Å². The number of piperazine rings is 1. The highest BCUT2D eigenvalue weighted by atomic mass is 16.5. The zero-order chi connectivity index (χ0) is 25.4. The molecule has 2 aromatic carbocycles. The first-order valence-electron chi connectivity index (χ1n) is 12.3. The predicted octanol–water partition coefficient (Wildman–Crippen LogP) is 3.50. The van der Waals surface area contributed by atoms with Gasteiger partial charge in [0.05, 0.1) is 12.6 Å². The van der Waals surface area contributed by atoms with Crippen LogP contribution in [-0.4, -0.2) is 63.4 Å². The lowest BCUT2D eigenvalue weighted by Crippen LogP contribution is -2.49. The molecule has 0 saturated carbocycles. The molecule has 5 rings (SSSR count). The number of tetrazole rings is 1. The van der Waals surface area contributed by atoms with Gasteiger partial charge in [-0.25, -0.2) is 4.68 Å². The van der Waals surface area contributed by atoms with Gasteiger partial charge in [0.15, 0.2) is 5.82 Å². The predicted molar refractivity (Wildman–Crippen MR) is 141 cm³/mol. The van der Waals surface area contributed by atoms with Crippen molar-refractivity contribution >= 4 is 16.6 Å². The summed E-state index contributed by atoms with van der Waals surface area (Å²) in [5, 5.41) is 13.8. The van der Waals surface area contributed by atoms with Crippen LogP contribution in [0.4, 0.5) is 5.69 Å². The molecule has 9 nitrogen and oxygen atoms in total. The average Bonchev–Trinajstić information content (AvgIpc) is 3.35. The van der Waals surface area contributed by atoms with Crippen LogP contribution < -0.4 is 15.2 Å². The van der Waals surface area contributed by atoms with Crippen molar-refractivity contribution < 1.29 is 4.74 Å². The average molecular weight is 488 g/mol. The summed E-state index contributed by atoms with van der Waals surface area (Å²) in [6, 6.07) is 15.9. The van der Waals surface area contributed by atoms with Crippen LogP contribution in [0.1, 0.15) is 43.8 Å². The number of aryl methyl sites for hydroxylation is 1. The SMILES string of the molecule is COc1ccc(N2CCN([C@@H](c3cc4ccc(C)cc4[nH]c3=O)c3nnnn3C(C)(C)C)CC2)cc1. The van der Waals surface area contributed by atoms with Crippen molar-refractivity contribution in [2.45, 2.75) is 39.3 Å². The second kappa shape index (κ2) is 9.39. The van der Waals surface area contributed by atoms with Crippen molar-refractivity contribution in [3.63, 3.8) is 0 Å². The quantitative estimate of drug-likeness (QED) is 0.461. The Morgan fingerprint density at radius 1 is 1.00 bits per heavy atom. The molecule has 1 aliphatic rings. The second-order valence-corrected chi connectivity index (χ2v) is 10.4. The summed E-state index contributed by atoms with van der Waals surface area (Å²) in [4.78, 5) is 21.2. The highest BCUT2D eigenvalue weighted by molar-refractivity contribution is 5.79. The van der Waals surface area contributed by atoms with E-state index in [1.165, 1.54) is 0 Å². The van der Waals surface area contributed by atoms with Gasteiger partial charge in [-0.3, -0.25) is 9.69 Å². The van der Waals surface area contributed by atoms with Gasteiger partial charge in [0.2, 0.25) is 0 Å². The molecule has 1 saturated heterocycles. The number of rotatable bonds is 5. The maximum atomic E-state index is 13.4. The molecule has 4 aromatic rings. The first-order valence-corrected chi connectivity index (χ1v) is 12.3. The van der Waals surface area contributed by atoms with Gasteiger partial charge in [-0.15, -0.1) is 5.10 Å². The van der Waals surface area contributed by atoms with Crippen molar-refractivity contribution in [1.29, 1.82) is 0 Å². The summed E-state index contributed by atoms with van der Waals surface area (Å²) < 4.78 is 7.14. The fourth-order valence-corrected chi connectivity index (χ4v) is 4.91. The first-order chi connectivity index (χ1) is 17.2. The number of aromatic nitrogens is 5. The van der Waals surface area contributed by atoms with Crippen LogP contribution in [0.15, 0.2) is 53.3 Å². The highest BCUT2D eigenvalue weighted by Crippen LogP contribution is 2.31. The molecule has 36 heavy (non-hydrogen) atoms. The van der Waals surface area contributed by atoms with Crippen molar-refractivity contribution in [3.8, 4) is 5.75 Å². The number of fused-ring (bicyclic) bond motifs is 1. The summed E-state index contributed by atoms with van der Waals surface area (Å²) >= 11 is 0. The van der Waals surface area contributed by atoms with Crippen LogP contribution in [-0.2, 0) is 5.54 Å². The molecular weight excluding hydrogens is 454 g/mol. The number of ether oxygens (including phenoxy) is 1. The number of nitrogens with zero attached hydrogens (tertiary/aromatic N) is 6. The molecule has 0 spiro atoms. The van der Waals surface area contributed by atoms with E-state index in [9.17, 15) is 4.79 Å². The Labute approximate surface area is 210 Å². The number of pyridine rings is 1. The van der Waals surface area contributed by atoms with Crippen molar-refractivity contribution in [3.05, 3.63) is 75.8 Å². The fraction of sp³-hybridized carbons (Fsp3) is 0.407. The van der Waals surface area contributed by atoms with Gasteiger partial charge in [0, 0.05) is 42.9 Å². The molecule has 0 bridgehead atoms. The van der Waals surface area contributed by atoms with E-state index < -0.39 is 0 Å². The maximum absolute atomic E-state index is 13.4. The molecule has 0 unspecified atom stereocenters. The molecule has 0 aliphatic carbocycles. The molecule has 2 aromatic heterocycles. The van der Waals surface area contributed by atoms with Gasteiger partial charge in [-0.05, 0) is 85.5 Å². The minimum Gasteiger partial charge on any atom is -0.497 e. The third-order valence-corrected chi connectivity index (χ3v) is 6.82. The number of hydrogen-bond donors (Lipinski definition) is 1. The van der Waals surface area contributed by atoms with Gasteiger partial charge in [-0.1, -0.05) is 12.1 Å². The molecule has 9 heteroatoms. The zero-order valence-electron chi connectivity index (χ0n) is 21.5. The highest BCUT2D eigenvalue weighted by Gasteiger charge is 2.35. The largest absolute Gasteiger partial charge is 0.497 e. The zero-order valence-corrected chi connectivity index (χ0v) is 21.5. The van der Waals surface area contributed by atoms with Crippen LogP contribution in [0.5, 0.6) is 5.75 Å². The van der Waals surface area contributed by atoms with Gasteiger partial charge >= 0.3 is 0 Å². The van der Waals surface area contributed by atoms with Crippen LogP contribution in [0.25, 0.3) is 10.9 Å². The Balaban J connectivity index is 1.52. The van der Waals surface area contributed by atoms with E-state index in [0.717, 1.165) is 54.1 Å². The topological polar surface area (TPSA) is 92.2 Å². The number of hydrogen-bond acceptors (Lipinski definition) is 7. The lowest BCUT2D eigenvalue weighted by molar-refractivity contribution is 0.190. The summed E-state index contributed by atoms with van der Waals surface area (Å²) in [6.45, 7) is 11.4. The van der Waals surface area contributed by atoms with Crippen LogP contribution >= 0.6 is 0 Å². The van der Waals surface area contributed by atoms with Crippen molar-refractivity contribution in [1.82, 2.24) is 30.1 Å². The molecule has 1 N–H and O–H groups in total. The van der Waals surface area contributed by atoms with Crippen LogP contribution in [0.3, 0.4) is 0 Å². The lowest BCUT2D eigenvalue weighted by Gasteiger charge is -2.40. The fourth-order valence-electron chi connectivity index (χ4n) is 4.91. The third kappa shape index (κ3) is 4.58. The van der Waals surface area contributed by atoms with E-state index in [1.807, 2.05) is 35.9 Å². The number of benzene rings is 2.